The Morgan fingerprint density at radius 2 is 0.404 bits per heavy atom. The van der Waals surface area contributed by atoms with Gasteiger partial charge in [-0.25, -0.2) is 0 Å². The van der Waals surface area contributed by atoms with Crippen molar-refractivity contribution in [2.75, 3.05) is 178 Å². The molecule has 0 aromatic carbocycles. The van der Waals surface area contributed by atoms with E-state index >= 15 is 0 Å². The largest absolute Gasteiger partial charge is 0.779 e. The van der Waals surface area contributed by atoms with E-state index in [4.69, 9.17) is 37.6 Å². The third kappa shape index (κ3) is 74.9. The number of phosphoric ester groups is 11. The zero-order chi connectivity index (χ0) is 77.4. The molecular formula is C33H70F2N6O47P12Y4-16. The van der Waals surface area contributed by atoms with E-state index in [9.17, 15) is 122 Å². The second-order valence-electron chi connectivity index (χ2n) is 18.7. The summed E-state index contributed by atoms with van der Waals surface area (Å²) in [5.74, 6) is -7.07. The Morgan fingerprint density at radius 1 is 0.269 bits per heavy atom. The van der Waals surface area contributed by atoms with Gasteiger partial charge in [0.15, 0.2) is 0 Å². The summed E-state index contributed by atoms with van der Waals surface area (Å²) in [6.45, 7) is -20.4. The summed E-state index contributed by atoms with van der Waals surface area (Å²) in [4.78, 5) is 163. The van der Waals surface area contributed by atoms with Gasteiger partial charge >= 0.3 is 0 Å². The van der Waals surface area contributed by atoms with Crippen LogP contribution in [0.2, 0.25) is 0 Å². The molecule has 0 aromatic heterocycles. The van der Waals surface area contributed by atoms with Crippen LogP contribution in [0.1, 0.15) is 0 Å². The minimum Gasteiger partial charge on any atom is -0.779 e. The third-order valence-corrected chi connectivity index (χ3v) is 19.7. The molecule has 616 valence electrons. The molecule has 4 radical (unpaired) electrons. The number of hydrogen-bond acceptors (Lipinski definition) is 46. The van der Waals surface area contributed by atoms with Gasteiger partial charge in [0.25, 0.3) is 86.0 Å². The van der Waals surface area contributed by atoms with Crippen LogP contribution in [-0.4, -0.2) is 193 Å². The fourth-order valence-corrected chi connectivity index (χ4v) is 12.9. The van der Waals surface area contributed by atoms with Crippen molar-refractivity contribution in [1.82, 2.24) is 11.1 Å². The normalized spacial score (nSPS) is 20.6. The quantitative estimate of drug-likeness (QED) is 0.0217. The molecule has 0 rings (SSSR count). The van der Waals surface area contributed by atoms with Crippen LogP contribution >= 0.6 is 93.6 Å². The van der Waals surface area contributed by atoms with Crippen LogP contribution in [0.15, 0.2) is 0 Å². The van der Waals surface area contributed by atoms with Crippen molar-refractivity contribution >= 4 is 93.6 Å². The van der Waals surface area contributed by atoms with Crippen molar-refractivity contribution in [3.63, 3.8) is 0 Å². The van der Waals surface area contributed by atoms with Gasteiger partial charge < -0.3 is 191 Å². The molecule has 0 aliphatic heterocycles. The smallest absolute Gasteiger partial charge is 0.267 e. The maximum atomic E-state index is 12.7. The molecule has 0 fully saturated rings. The molecule has 17 unspecified atom stereocenters. The van der Waals surface area contributed by atoms with Gasteiger partial charge in [-0.15, -0.1) is 35.1 Å². The summed E-state index contributed by atoms with van der Waals surface area (Å²) in [7, 11) is -61.0. The molecule has 0 aromatic rings. The summed E-state index contributed by atoms with van der Waals surface area (Å²) in [6.07, 6.45) is 0. The van der Waals surface area contributed by atoms with E-state index < -0.39 is 301 Å². The van der Waals surface area contributed by atoms with E-state index in [0.29, 0.717) is 0 Å². The van der Waals surface area contributed by atoms with Crippen LogP contribution in [0.25, 0.3) is 22.9 Å². The molecule has 0 saturated heterocycles. The van der Waals surface area contributed by atoms with E-state index in [2.05, 4.69) is 90.5 Å². The van der Waals surface area contributed by atoms with Gasteiger partial charge in [0.05, 0.1) is 132 Å². The van der Waals surface area contributed by atoms with E-state index in [1.807, 2.05) is 0 Å². The maximum Gasteiger partial charge on any atom is 0.267 e. The topological polar surface area (TPSA) is 846 Å². The first-order valence-electron chi connectivity index (χ1n) is 26.7. The molecule has 53 nitrogen and oxygen atoms in total. The fraction of sp³-hybridized carbons (Fsp3) is 1.00. The second kappa shape index (κ2) is 60.8. The summed E-state index contributed by atoms with van der Waals surface area (Å²) in [6, 6.07) is 0. The van der Waals surface area contributed by atoms with Gasteiger partial charge in [-0.2, -0.15) is 11.1 Å². The molecule has 0 amide bonds. The van der Waals surface area contributed by atoms with Gasteiger partial charge in [0.2, 0.25) is 0 Å². The maximum absolute atomic E-state index is 12.7. The van der Waals surface area contributed by atoms with Crippen molar-refractivity contribution in [2.45, 2.75) is 0 Å². The van der Waals surface area contributed by atoms with Gasteiger partial charge in [-0.05, 0) is 23.7 Å². The molecule has 71 heteroatoms. The average molecular weight is 2070 g/mol. The average Bonchev–Trinajstić information content (AvgIpc) is 0.906. The number of hydrogen-bond donors (Lipinski definition) is 5. The SMILES string of the molecule is CP(=O)([O-])OCC(C[NH-])COP(=O)([O-])OCCOP(=O)([O-])OCC(CNF)COP(=O)([O-])OCCOP(=O)([O-])OCC(C[NH-])COP(=O)([O-])O.[NH-]CC(COP(=O)([O-])O)COP(=O)([O-])OCCOP(=O)([O-])OCC(CNF)COP(=O)([O-])OCCOP(=O)([O-])OCC(C[NH-])COP(=O)([O-])O.[Y].[Y].[Y].[Y]. The first-order chi connectivity index (χ1) is 45.7. The Hall–Kier alpha value is 5.40. The molecule has 0 aliphatic carbocycles. The van der Waals surface area contributed by atoms with Gasteiger partial charge in [0, 0.05) is 162 Å². The van der Waals surface area contributed by atoms with Crippen molar-refractivity contribution in [3.05, 3.63) is 22.9 Å². The van der Waals surface area contributed by atoms with Crippen molar-refractivity contribution in [1.29, 1.82) is 0 Å². The van der Waals surface area contributed by atoms with Gasteiger partial charge in [0.1, 0.15) is 7.60 Å². The second-order valence-corrected chi connectivity index (χ2v) is 35.3. The monoisotopic (exact) mass is 2070 g/mol. The van der Waals surface area contributed by atoms with Gasteiger partial charge in [-0.3, -0.25) is 50.2 Å². The van der Waals surface area contributed by atoms with Crippen LogP contribution in [-0.2, 0) is 276 Å². The fourth-order valence-electron chi connectivity index (χ4n) is 5.12. The van der Waals surface area contributed by atoms with Crippen LogP contribution in [0.3, 0.4) is 0 Å². The number of nitrogens with one attached hydrogen (secondary N) is 6. The molecule has 9 N–H and O–H groups in total. The van der Waals surface area contributed by atoms with E-state index in [-0.39, 0.29) is 131 Å². The van der Waals surface area contributed by atoms with Crippen LogP contribution in [0.4, 0.5) is 8.96 Å². The summed E-state index contributed by atoms with van der Waals surface area (Å²) < 4.78 is 250. The first-order valence-corrected chi connectivity index (χ1v) is 44.9. The van der Waals surface area contributed by atoms with Crippen molar-refractivity contribution in [2.24, 2.45) is 35.5 Å². The van der Waals surface area contributed by atoms with Crippen LogP contribution < -0.4 is 69.8 Å². The Balaban J connectivity index is -0.000000445. The number of phosphoric acid groups is 11. The molecule has 0 saturated carbocycles. The number of rotatable bonds is 64. The summed E-state index contributed by atoms with van der Waals surface area (Å²) in [5, 5.41) is 0. The summed E-state index contributed by atoms with van der Waals surface area (Å²) >= 11 is 0. The molecule has 0 aliphatic rings. The molecule has 0 heterocycles. The number of halogens is 2. The van der Waals surface area contributed by atoms with E-state index in [0.717, 1.165) is 17.7 Å². The predicted molar refractivity (Wildman–Crippen MR) is 299 cm³/mol. The summed E-state index contributed by atoms with van der Waals surface area (Å²) in [5.41, 5.74) is 31.0. The van der Waals surface area contributed by atoms with Crippen LogP contribution in [0, 0.1) is 35.5 Å². The molecule has 17 atom stereocenters. The standard InChI is InChI=1S/C17H42FN3O23P6.C16H40FN3O24P6.4Y/c1-45(22,23)39-9-15(6-19)11-41-47(27,28)35-2-4-37-49(31,32)43-13-17(8-21-18)14-44-50(33,34)38-5-3-36-48(29,30)42-12-16(7-20)10-40-46(24,25)26;17-20-7-16(12-43-49(31,32)37-3-1-35-47(27,28)41-10-14(5-18)8-39-45(21,22)23)13-44-50(33,34)38-4-2-36-48(29,30)42-11-15(6-19)9-40-46(24,25)26;;;;/h15-17,19-21H,2-14H2,1H3,(H,22,23)(H,27,28)(H,29,30)(H,31,32)(H,33,34)(H2,24,25,26);14-16,18-20H,1-13H2,(H,27,28)(H,29,30)(H,31,32)(H,33,34)(H2,21,22,23)(H2,24,25,26);;;;/q2*-2;;;;/p-12. The molecule has 104 heavy (non-hydrogen) atoms. The van der Waals surface area contributed by atoms with Crippen molar-refractivity contribution < 1.29 is 358 Å². The molecule has 0 bridgehead atoms. The Kier molecular flexibility index (Phi) is 70.3. The minimum absolute atomic E-state index is 0. The van der Waals surface area contributed by atoms with E-state index in [1.54, 1.807) is 0 Å². The zero-order valence-electron chi connectivity index (χ0n) is 53.6. The molecular weight excluding hydrogens is 2000 g/mol. The predicted octanol–water partition coefficient (Wildman–Crippen LogP) is -4.54. The first kappa shape index (κ1) is 120. The Bertz CT molecular complexity index is 2540. The Morgan fingerprint density at radius 3 is 0.529 bits per heavy atom. The Labute approximate surface area is 692 Å². The molecule has 0 spiro atoms. The van der Waals surface area contributed by atoms with Crippen molar-refractivity contribution in [3.8, 4) is 0 Å². The minimum atomic E-state index is -5.25. The van der Waals surface area contributed by atoms with Crippen LogP contribution in [0.5, 0.6) is 0 Å². The third-order valence-electron chi connectivity index (χ3n) is 9.93. The van der Waals surface area contributed by atoms with Gasteiger partial charge in [-0.1, -0.05) is 0 Å². The zero-order valence-corrected chi connectivity index (χ0v) is 75.7. The van der Waals surface area contributed by atoms with E-state index in [1.165, 1.54) is 0 Å².